The first-order valence-corrected chi connectivity index (χ1v) is 8.11. The molecular formula is C16H16ClNO3S. The summed E-state index contributed by atoms with van der Waals surface area (Å²) in [4.78, 5) is 14.6. The van der Waals surface area contributed by atoms with Crippen molar-refractivity contribution in [1.82, 2.24) is 4.90 Å². The number of hydrogen-bond donors (Lipinski definition) is 0. The van der Waals surface area contributed by atoms with Crippen molar-refractivity contribution in [2.45, 2.75) is 19.4 Å². The molecule has 1 aliphatic carbocycles. The third-order valence-electron chi connectivity index (χ3n) is 3.87. The van der Waals surface area contributed by atoms with Crippen LogP contribution in [0.5, 0.6) is 5.06 Å². The van der Waals surface area contributed by atoms with Crippen LogP contribution in [0.3, 0.4) is 0 Å². The minimum Gasteiger partial charge on any atom is -0.496 e. The van der Waals surface area contributed by atoms with Crippen LogP contribution < -0.4 is 4.74 Å². The summed E-state index contributed by atoms with van der Waals surface area (Å²) in [7, 11) is 3.20. The molecule has 1 aliphatic heterocycles. The number of carbonyl (C=O) groups is 1. The normalized spacial score (nSPS) is 20.5. The third-order valence-corrected chi connectivity index (χ3v) is 5.17. The fourth-order valence-corrected chi connectivity index (χ4v) is 3.86. The maximum atomic E-state index is 12.8. The summed E-state index contributed by atoms with van der Waals surface area (Å²) < 4.78 is 10.4. The first kappa shape index (κ1) is 15.2. The number of hydrogen-bond acceptors (Lipinski definition) is 4. The van der Waals surface area contributed by atoms with Gasteiger partial charge in [0.15, 0.2) is 5.06 Å². The topological polar surface area (TPSA) is 38.8 Å². The van der Waals surface area contributed by atoms with Crippen LogP contribution in [0.1, 0.15) is 23.7 Å². The Bertz CT molecular complexity index is 717. The van der Waals surface area contributed by atoms with Gasteiger partial charge in [-0.2, -0.15) is 0 Å². The number of thiophene rings is 1. The summed E-state index contributed by atoms with van der Waals surface area (Å²) in [6, 6.07) is 1.70. The van der Waals surface area contributed by atoms with E-state index in [2.05, 4.69) is 0 Å². The van der Waals surface area contributed by atoms with Crippen LogP contribution in [-0.4, -0.2) is 31.1 Å². The van der Waals surface area contributed by atoms with Crippen LogP contribution in [0.4, 0.5) is 0 Å². The monoisotopic (exact) mass is 337 g/mol. The average Bonchev–Trinajstić information content (AvgIpc) is 3.11. The number of allylic oxidation sites excluding steroid dienone is 2. The number of ether oxygens (including phenoxy) is 2. The van der Waals surface area contributed by atoms with Gasteiger partial charge >= 0.3 is 0 Å². The van der Waals surface area contributed by atoms with Gasteiger partial charge in [-0.25, -0.2) is 0 Å². The summed E-state index contributed by atoms with van der Waals surface area (Å²) in [6.45, 7) is 1.92. The molecule has 0 saturated carbocycles. The van der Waals surface area contributed by atoms with Gasteiger partial charge in [0.25, 0.3) is 5.91 Å². The lowest BCUT2D eigenvalue weighted by molar-refractivity contribution is 0.0780. The van der Waals surface area contributed by atoms with Crippen molar-refractivity contribution in [2.75, 3.05) is 14.2 Å². The minimum atomic E-state index is -0.0650. The van der Waals surface area contributed by atoms with Gasteiger partial charge in [0.2, 0.25) is 0 Å². The SMILES string of the molecule is COC1=CCC2C(=C1Cl)C=C(C)N2C(=O)c1csc(OC)c1. The van der Waals surface area contributed by atoms with Gasteiger partial charge in [-0.05, 0) is 31.1 Å². The zero-order valence-electron chi connectivity index (χ0n) is 12.6. The molecule has 6 heteroatoms. The molecule has 1 atom stereocenters. The molecule has 4 nitrogen and oxygen atoms in total. The molecule has 1 amide bonds. The molecule has 0 bridgehead atoms. The molecule has 2 aliphatic rings. The second kappa shape index (κ2) is 5.82. The zero-order valence-corrected chi connectivity index (χ0v) is 14.1. The number of fused-ring (bicyclic) bond motifs is 1. The highest BCUT2D eigenvalue weighted by Crippen LogP contribution is 2.40. The van der Waals surface area contributed by atoms with Gasteiger partial charge in [0.05, 0.1) is 30.9 Å². The van der Waals surface area contributed by atoms with Gasteiger partial charge in [-0.3, -0.25) is 4.79 Å². The van der Waals surface area contributed by atoms with E-state index in [9.17, 15) is 4.79 Å². The molecule has 1 aromatic rings. The van der Waals surface area contributed by atoms with Gasteiger partial charge in [-0.1, -0.05) is 11.6 Å². The standard InChI is InChI=1S/C16H16ClNO3S/c1-9-6-11-12(4-5-13(20-2)15(11)17)18(9)16(19)10-7-14(21-3)22-8-10/h5-8,12H,4H2,1-3H3. The summed E-state index contributed by atoms with van der Waals surface area (Å²) in [5.74, 6) is 0.635. The zero-order chi connectivity index (χ0) is 15.9. The Morgan fingerprint density at radius 3 is 2.82 bits per heavy atom. The van der Waals surface area contributed by atoms with Gasteiger partial charge in [0.1, 0.15) is 5.76 Å². The molecule has 0 radical (unpaired) electrons. The second-order valence-electron chi connectivity index (χ2n) is 5.11. The largest absolute Gasteiger partial charge is 0.496 e. The average molecular weight is 338 g/mol. The van der Waals surface area contributed by atoms with Crippen LogP contribution >= 0.6 is 22.9 Å². The second-order valence-corrected chi connectivity index (χ2v) is 6.36. The maximum absolute atomic E-state index is 12.8. The first-order chi connectivity index (χ1) is 10.6. The van der Waals surface area contributed by atoms with Gasteiger partial charge in [0, 0.05) is 17.1 Å². The number of rotatable bonds is 3. The first-order valence-electron chi connectivity index (χ1n) is 6.85. The van der Waals surface area contributed by atoms with Crippen molar-refractivity contribution < 1.29 is 14.3 Å². The van der Waals surface area contributed by atoms with E-state index < -0.39 is 0 Å². The molecule has 0 saturated heterocycles. The molecule has 3 rings (SSSR count). The maximum Gasteiger partial charge on any atom is 0.259 e. The summed E-state index contributed by atoms with van der Waals surface area (Å²) in [5, 5.41) is 3.12. The number of amides is 1. The molecular weight excluding hydrogens is 322 g/mol. The van der Waals surface area contributed by atoms with Gasteiger partial charge < -0.3 is 14.4 Å². The summed E-state index contributed by atoms with van der Waals surface area (Å²) in [6.07, 6.45) is 4.58. The Balaban J connectivity index is 1.92. The Hall–Kier alpha value is -1.72. The fraction of sp³-hybridized carbons (Fsp3) is 0.312. The molecule has 0 fully saturated rings. The highest BCUT2D eigenvalue weighted by Gasteiger charge is 2.37. The third kappa shape index (κ3) is 2.34. The van der Waals surface area contributed by atoms with Crippen molar-refractivity contribution in [3.05, 3.63) is 51.2 Å². The predicted molar refractivity (Wildman–Crippen MR) is 87.2 cm³/mol. The Kier molecular flexibility index (Phi) is 4.02. The smallest absolute Gasteiger partial charge is 0.259 e. The highest BCUT2D eigenvalue weighted by atomic mass is 35.5. The number of nitrogens with zero attached hydrogens (tertiary/aromatic N) is 1. The number of halogens is 1. The van der Waals surface area contributed by atoms with E-state index in [-0.39, 0.29) is 11.9 Å². The molecule has 0 N–H and O–H groups in total. The van der Waals surface area contributed by atoms with E-state index in [1.54, 1.807) is 25.2 Å². The van der Waals surface area contributed by atoms with E-state index in [4.69, 9.17) is 21.1 Å². The fourth-order valence-electron chi connectivity index (χ4n) is 2.82. The molecule has 2 heterocycles. The lowest BCUT2D eigenvalue weighted by atomic mass is 9.99. The Morgan fingerprint density at radius 1 is 1.41 bits per heavy atom. The van der Waals surface area contributed by atoms with E-state index >= 15 is 0 Å². The minimum absolute atomic E-state index is 0.0352. The summed E-state index contributed by atoms with van der Waals surface area (Å²) >= 11 is 7.79. The van der Waals surface area contributed by atoms with Crippen LogP contribution in [-0.2, 0) is 4.74 Å². The van der Waals surface area contributed by atoms with E-state index in [1.807, 2.05) is 24.5 Å². The molecule has 0 spiro atoms. The quantitative estimate of drug-likeness (QED) is 0.839. The molecule has 0 aromatic carbocycles. The van der Waals surface area contributed by atoms with Crippen molar-refractivity contribution in [3.63, 3.8) is 0 Å². The summed E-state index contributed by atoms with van der Waals surface area (Å²) in [5.41, 5.74) is 2.46. The number of methoxy groups -OCH3 is 2. The van der Waals surface area contributed by atoms with Crippen LogP contribution in [0, 0.1) is 0 Å². The highest BCUT2D eigenvalue weighted by molar-refractivity contribution is 7.12. The number of carbonyl (C=O) groups excluding carboxylic acids is 1. The predicted octanol–water partition coefficient (Wildman–Crippen LogP) is 3.91. The molecule has 1 unspecified atom stereocenters. The Labute approximate surface area is 138 Å². The van der Waals surface area contributed by atoms with E-state index in [0.29, 0.717) is 22.8 Å². The van der Waals surface area contributed by atoms with Crippen LogP contribution in [0.15, 0.2) is 45.7 Å². The molecule has 1 aromatic heterocycles. The molecule has 116 valence electrons. The molecule has 22 heavy (non-hydrogen) atoms. The lowest BCUT2D eigenvalue weighted by Crippen LogP contribution is -2.36. The van der Waals surface area contributed by atoms with Crippen molar-refractivity contribution in [2.24, 2.45) is 0 Å². The van der Waals surface area contributed by atoms with E-state index in [0.717, 1.165) is 16.3 Å². The Morgan fingerprint density at radius 2 is 2.18 bits per heavy atom. The lowest BCUT2D eigenvalue weighted by Gasteiger charge is -2.29. The van der Waals surface area contributed by atoms with Crippen molar-refractivity contribution in [3.8, 4) is 5.06 Å². The van der Waals surface area contributed by atoms with Crippen molar-refractivity contribution >= 4 is 28.8 Å². The van der Waals surface area contributed by atoms with E-state index in [1.165, 1.54) is 11.3 Å². The van der Waals surface area contributed by atoms with Crippen molar-refractivity contribution in [1.29, 1.82) is 0 Å². The van der Waals surface area contributed by atoms with Crippen LogP contribution in [0.2, 0.25) is 0 Å². The van der Waals surface area contributed by atoms with Gasteiger partial charge in [-0.15, -0.1) is 11.3 Å². The van der Waals surface area contributed by atoms with Crippen LogP contribution in [0.25, 0.3) is 0 Å².